The maximum absolute atomic E-state index is 13.4. The number of thioether (sulfide) groups is 1. The highest BCUT2D eigenvalue weighted by Crippen LogP contribution is 2.39. The van der Waals surface area contributed by atoms with Crippen molar-refractivity contribution in [3.63, 3.8) is 0 Å². The first-order valence-corrected chi connectivity index (χ1v) is 10.9. The lowest BCUT2D eigenvalue weighted by atomic mass is 9.87. The summed E-state index contributed by atoms with van der Waals surface area (Å²) in [6.45, 7) is 5.86. The number of aryl methyl sites for hydroxylation is 2. The molecule has 150 valence electrons. The molecule has 1 fully saturated rings. The minimum atomic E-state index is -0.977. The smallest absolute Gasteiger partial charge is 0.258 e. The Morgan fingerprint density at radius 1 is 1.17 bits per heavy atom. The van der Waals surface area contributed by atoms with Gasteiger partial charge in [-0.25, -0.2) is 14.3 Å². The lowest BCUT2D eigenvalue weighted by molar-refractivity contribution is -0.586. The van der Waals surface area contributed by atoms with E-state index in [4.69, 9.17) is 5.73 Å². The van der Waals surface area contributed by atoms with Gasteiger partial charge in [-0.15, -0.1) is 0 Å². The van der Waals surface area contributed by atoms with Gasteiger partial charge in [0.05, 0.1) is 19.3 Å². The quantitative estimate of drug-likeness (QED) is 0.500. The first-order valence-electron chi connectivity index (χ1n) is 9.77. The van der Waals surface area contributed by atoms with E-state index in [1.165, 1.54) is 0 Å². The molecular weight excluding hydrogens is 384 g/mol. The first-order chi connectivity index (χ1) is 14.0. The molecule has 0 amide bonds. The lowest BCUT2D eigenvalue weighted by Crippen LogP contribution is -2.53. The fraction of sp³-hybridized carbons (Fsp3) is 0.333. The summed E-state index contributed by atoms with van der Waals surface area (Å²) in [6, 6.07) is 9.99. The van der Waals surface area contributed by atoms with Crippen LogP contribution < -0.4 is 20.7 Å². The van der Waals surface area contributed by atoms with Crippen LogP contribution in [0.15, 0.2) is 42.9 Å². The van der Waals surface area contributed by atoms with Gasteiger partial charge in [-0.3, -0.25) is 10.6 Å². The van der Waals surface area contributed by atoms with Crippen molar-refractivity contribution in [3.05, 3.63) is 70.4 Å². The zero-order valence-electron chi connectivity index (χ0n) is 16.6. The van der Waals surface area contributed by atoms with E-state index in [0.29, 0.717) is 17.3 Å². The summed E-state index contributed by atoms with van der Waals surface area (Å²) < 4.78 is 2.83. The third-order valence-corrected chi connectivity index (χ3v) is 6.80. The van der Waals surface area contributed by atoms with Gasteiger partial charge in [0.25, 0.3) is 5.82 Å². The van der Waals surface area contributed by atoms with E-state index < -0.39 is 5.66 Å². The molecule has 8 heteroatoms. The summed E-state index contributed by atoms with van der Waals surface area (Å²) in [7, 11) is 0. The molecule has 0 aliphatic carbocycles. The number of imidazole rings is 1. The number of hydrogen-bond acceptors (Lipinski definition) is 6. The van der Waals surface area contributed by atoms with Crippen molar-refractivity contribution in [2.24, 2.45) is 5.73 Å². The molecule has 7 nitrogen and oxygen atoms in total. The number of nitrogens with one attached hydrogen (secondary N) is 1. The second-order valence-corrected chi connectivity index (χ2v) is 8.90. The van der Waals surface area contributed by atoms with Gasteiger partial charge in [0.15, 0.2) is 12.0 Å². The number of pyridine rings is 1. The summed E-state index contributed by atoms with van der Waals surface area (Å²) in [5.41, 5.74) is 10.6. The number of nitrogens with zero attached hydrogens (tertiary/aromatic N) is 4. The largest absolute Gasteiger partial charge is 0.740 e. The van der Waals surface area contributed by atoms with Crippen LogP contribution in [-0.2, 0) is 5.66 Å². The van der Waals surface area contributed by atoms with Crippen molar-refractivity contribution in [1.29, 1.82) is 0 Å². The number of hydrogen-bond donors (Lipinski definition) is 2. The monoisotopic (exact) mass is 408 g/mol. The van der Waals surface area contributed by atoms with Crippen LogP contribution in [0.5, 0.6) is 0 Å². The second-order valence-electron chi connectivity index (χ2n) is 7.67. The summed E-state index contributed by atoms with van der Waals surface area (Å²) in [5.74, 6) is 3.25. The molecule has 29 heavy (non-hydrogen) atoms. The minimum absolute atomic E-state index is 0.514. The van der Waals surface area contributed by atoms with Crippen LogP contribution in [0.3, 0.4) is 0 Å². The Morgan fingerprint density at radius 3 is 2.62 bits per heavy atom. The van der Waals surface area contributed by atoms with E-state index in [-0.39, 0.29) is 0 Å². The van der Waals surface area contributed by atoms with E-state index in [2.05, 4.69) is 41.2 Å². The average Bonchev–Trinajstić information content (AvgIpc) is 3.19. The first kappa shape index (κ1) is 18.3. The third-order valence-electron chi connectivity index (χ3n) is 5.85. The zero-order chi connectivity index (χ0) is 20.2. The van der Waals surface area contributed by atoms with Gasteiger partial charge in [0.2, 0.25) is 5.82 Å². The average molecular weight is 409 g/mol. The van der Waals surface area contributed by atoms with Crippen LogP contribution >= 0.6 is 11.8 Å². The van der Waals surface area contributed by atoms with Gasteiger partial charge in [0.1, 0.15) is 11.4 Å². The van der Waals surface area contributed by atoms with Gasteiger partial charge in [-0.1, -0.05) is 18.2 Å². The van der Waals surface area contributed by atoms with E-state index in [1.807, 2.05) is 34.5 Å². The topological polar surface area (TPSA) is 86.0 Å². The molecular formula is C21H24N6OS. The van der Waals surface area contributed by atoms with Crippen molar-refractivity contribution < 1.29 is 4.73 Å². The van der Waals surface area contributed by atoms with Gasteiger partial charge in [-0.05, 0) is 31.0 Å². The molecule has 3 N–H and O–H groups in total. The molecule has 0 spiro atoms. The normalized spacial score (nSPS) is 20.7. The van der Waals surface area contributed by atoms with Crippen molar-refractivity contribution in [3.8, 4) is 5.82 Å². The Bertz CT molecular complexity index is 1070. The molecule has 2 aliphatic heterocycles. The molecule has 2 aliphatic rings. The zero-order valence-corrected chi connectivity index (χ0v) is 17.4. The van der Waals surface area contributed by atoms with E-state index in [9.17, 15) is 5.21 Å². The molecule has 1 saturated heterocycles. The molecule has 4 heterocycles. The van der Waals surface area contributed by atoms with Crippen molar-refractivity contribution in [2.45, 2.75) is 19.5 Å². The molecule has 1 unspecified atom stereocenters. The molecule has 1 atom stereocenters. The van der Waals surface area contributed by atoms with Gasteiger partial charge >= 0.3 is 0 Å². The highest BCUT2D eigenvalue weighted by atomic mass is 32.2. The number of anilines is 2. The van der Waals surface area contributed by atoms with Gasteiger partial charge in [0, 0.05) is 23.1 Å². The SMILES string of the molecule is Cc1cccc(C)c1C1(N)Nc2ccc(N3CCSCC3)[n+]([O-])c2-n2cncc21. The second kappa shape index (κ2) is 6.67. The molecule has 2 aromatic heterocycles. The fourth-order valence-corrected chi connectivity index (χ4v) is 5.43. The standard InChI is InChI=1S/C21H24N6OS/c1-14-4-3-5-15(2)19(14)21(22)17-12-23-13-26(17)20-16(24-21)6-7-18(27(20)28)25-8-10-29-11-9-25/h3-7,12-13,24H,8-11,22H2,1-2H3. The van der Waals surface area contributed by atoms with Crippen LogP contribution in [-0.4, -0.2) is 34.1 Å². The molecule has 0 radical (unpaired) electrons. The molecule has 3 aromatic rings. The molecule has 1 aromatic carbocycles. The number of fused-ring (bicyclic) bond motifs is 3. The summed E-state index contributed by atoms with van der Waals surface area (Å²) >= 11 is 1.92. The van der Waals surface area contributed by atoms with E-state index >= 15 is 0 Å². The Balaban J connectivity index is 1.68. The number of nitrogens with two attached hydrogens (primary N) is 1. The fourth-order valence-electron chi connectivity index (χ4n) is 4.53. The maximum Gasteiger partial charge on any atom is 0.258 e. The lowest BCUT2D eigenvalue weighted by Gasteiger charge is -2.38. The van der Waals surface area contributed by atoms with E-state index in [1.54, 1.807) is 12.5 Å². The Labute approximate surface area is 174 Å². The molecule has 0 bridgehead atoms. The van der Waals surface area contributed by atoms with E-state index in [0.717, 1.165) is 51.7 Å². The van der Waals surface area contributed by atoms with Crippen molar-refractivity contribution in [2.75, 3.05) is 34.8 Å². The van der Waals surface area contributed by atoms with Crippen LogP contribution in [0.2, 0.25) is 0 Å². The highest BCUT2D eigenvalue weighted by molar-refractivity contribution is 7.99. The van der Waals surface area contributed by atoms with Crippen molar-refractivity contribution >= 4 is 23.3 Å². The summed E-state index contributed by atoms with van der Waals surface area (Å²) in [6.07, 6.45) is 3.42. The third kappa shape index (κ3) is 2.70. The number of benzene rings is 1. The van der Waals surface area contributed by atoms with Crippen LogP contribution in [0.25, 0.3) is 5.82 Å². The molecule has 5 rings (SSSR count). The predicted octanol–water partition coefficient (Wildman–Crippen LogP) is 2.26. The highest BCUT2D eigenvalue weighted by Gasteiger charge is 2.43. The van der Waals surface area contributed by atoms with Crippen LogP contribution in [0.1, 0.15) is 22.4 Å². The Morgan fingerprint density at radius 2 is 1.90 bits per heavy atom. The Hall–Kier alpha value is -2.71. The maximum atomic E-state index is 13.4. The van der Waals surface area contributed by atoms with Gasteiger partial charge < -0.3 is 10.5 Å². The Kier molecular flexibility index (Phi) is 4.22. The van der Waals surface area contributed by atoms with Crippen LogP contribution in [0, 0.1) is 19.1 Å². The minimum Gasteiger partial charge on any atom is -0.740 e. The van der Waals surface area contributed by atoms with Crippen molar-refractivity contribution in [1.82, 2.24) is 9.55 Å². The summed E-state index contributed by atoms with van der Waals surface area (Å²) in [5, 5.41) is 16.9. The summed E-state index contributed by atoms with van der Waals surface area (Å²) in [4.78, 5) is 6.49. The number of aromatic nitrogens is 3. The predicted molar refractivity (Wildman–Crippen MR) is 117 cm³/mol. The number of rotatable bonds is 2. The molecule has 0 saturated carbocycles. The van der Waals surface area contributed by atoms with Crippen LogP contribution in [0.4, 0.5) is 11.5 Å². The van der Waals surface area contributed by atoms with Gasteiger partial charge in [-0.2, -0.15) is 11.8 Å².